The Hall–Kier alpha value is -0.570. The molecule has 0 aliphatic carbocycles. The Bertz CT molecular complexity index is 217. The second kappa shape index (κ2) is 2.98. The molecule has 1 spiro atoms. The van der Waals surface area contributed by atoms with Gasteiger partial charge >= 0.3 is 0 Å². The van der Waals surface area contributed by atoms with Gasteiger partial charge in [0.2, 0.25) is 5.91 Å². The van der Waals surface area contributed by atoms with E-state index < -0.39 is 0 Å². The lowest BCUT2D eigenvalue weighted by molar-refractivity contribution is -0.135. The number of carbonyl (C=O) groups is 1. The minimum atomic E-state index is 0.152. The van der Waals surface area contributed by atoms with Crippen LogP contribution in [-0.4, -0.2) is 35.5 Å². The first-order valence-electron chi connectivity index (χ1n) is 5.16. The van der Waals surface area contributed by atoms with Crippen molar-refractivity contribution in [2.75, 3.05) is 13.1 Å². The predicted octanol–water partition coefficient (Wildman–Crippen LogP) is 0.749. The van der Waals surface area contributed by atoms with Gasteiger partial charge in [0.15, 0.2) is 0 Å². The van der Waals surface area contributed by atoms with Crippen LogP contribution >= 0.6 is 0 Å². The first-order chi connectivity index (χ1) is 6.11. The van der Waals surface area contributed by atoms with Gasteiger partial charge in [-0.25, -0.2) is 0 Å². The summed E-state index contributed by atoms with van der Waals surface area (Å²) < 4.78 is 0. The fraction of sp³-hybridized carbons (Fsp3) is 0.900. The number of hydrogen-bond acceptors (Lipinski definition) is 2. The van der Waals surface area contributed by atoms with Crippen LogP contribution in [0.5, 0.6) is 0 Å². The molecule has 2 aliphatic heterocycles. The van der Waals surface area contributed by atoms with Gasteiger partial charge in [0, 0.05) is 12.6 Å². The van der Waals surface area contributed by atoms with Crippen molar-refractivity contribution >= 4 is 5.91 Å². The quantitative estimate of drug-likeness (QED) is 0.607. The Kier molecular flexibility index (Phi) is 2.06. The van der Waals surface area contributed by atoms with Crippen LogP contribution in [0.2, 0.25) is 0 Å². The molecular formula is C10H18N2O. The van der Waals surface area contributed by atoms with Crippen molar-refractivity contribution in [3.05, 3.63) is 0 Å². The number of rotatable bonds is 1. The average Bonchev–Trinajstić information content (AvgIpc) is 2.02. The summed E-state index contributed by atoms with van der Waals surface area (Å²) in [5.74, 6) is 0.227. The molecule has 0 saturated carbocycles. The molecule has 2 aliphatic rings. The molecule has 1 unspecified atom stereocenters. The smallest absolute Gasteiger partial charge is 0.222 e. The summed E-state index contributed by atoms with van der Waals surface area (Å²) in [7, 11) is 0. The lowest BCUT2D eigenvalue weighted by Crippen LogP contribution is -2.68. The minimum absolute atomic E-state index is 0.152. The van der Waals surface area contributed by atoms with Crippen molar-refractivity contribution in [1.82, 2.24) is 10.2 Å². The van der Waals surface area contributed by atoms with Crippen LogP contribution in [0.4, 0.5) is 0 Å². The van der Waals surface area contributed by atoms with Gasteiger partial charge in [0.05, 0.1) is 12.0 Å². The topological polar surface area (TPSA) is 32.3 Å². The van der Waals surface area contributed by atoms with Crippen LogP contribution in [0.25, 0.3) is 0 Å². The third-order valence-corrected chi connectivity index (χ3v) is 3.24. The van der Waals surface area contributed by atoms with E-state index in [-0.39, 0.29) is 11.4 Å². The second-order valence-corrected chi connectivity index (χ2v) is 4.67. The maximum Gasteiger partial charge on any atom is 0.222 e. The van der Waals surface area contributed by atoms with E-state index in [4.69, 9.17) is 0 Å². The minimum Gasteiger partial charge on any atom is -0.349 e. The fourth-order valence-electron chi connectivity index (χ4n) is 2.44. The molecule has 1 amide bonds. The van der Waals surface area contributed by atoms with Gasteiger partial charge in [-0.15, -0.1) is 0 Å². The third-order valence-electron chi connectivity index (χ3n) is 3.24. The van der Waals surface area contributed by atoms with Crippen molar-refractivity contribution < 1.29 is 4.79 Å². The molecule has 2 heterocycles. The first-order valence-corrected chi connectivity index (χ1v) is 5.16. The summed E-state index contributed by atoms with van der Waals surface area (Å²) in [6.07, 6.45) is 3.14. The Morgan fingerprint density at radius 1 is 1.54 bits per heavy atom. The van der Waals surface area contributed by atoms with Crippen LogP contribution in [0.1, 0.15) is 33.1 Å². The molecular weight excluding hydrogens is 164 g/mol. The summed E-state index contributed by atoms with van der Waals surface area (Å²) in [6.45, 7) is 6.69. The molecule has 3 heteroatoms. The molecule has 2 rings (SSSR count). The van der Waals surface area contributed by atoms with Gasteiger partial charge in [-0.1, -0.05) is 0 Å². The zero-order chi connectivity index (χ0) is 9.47. The molecule has 13 heavy (non-hydrogen) atoms. The fourth-order valence-corrected chi connectivity index (χ4v) is 2.44. The Morgan fingerprint density at radius 2 is 2.23 bits per heavy atom. The zero-order valence-corrected chi connectivity index (χ0v) is 8.47. The van der Waals surface area contributed by atoms with Crippen molar-refractivity contribution in [3.63, 3.8) is 0 Å². The molecule has 2 fully saturated rings. The summed E-state index contributed by atoms with van der Waals surface area (Å²) in [4.78, 5) is 13.4. The summed E-state index contributed by atoms with van der Waals surface area (Å²) in [5.41, 5.74) is 0.152. The second-order valence-electron chi connectivity index (χ2n) is 4.67. The summed E-state index contributed by atoms with van der Waals surface area (Å²) >= 11 is 0. The van der Waals surface area contributed by atoms with E-state index >= 15 is 0 Å². The average molecular weight is 182 g/mol. The lowest BCUT2D eigenvalue weighted by Gasteiger charge is -2.49. The Morgan fingerprint density at radius 3 is 2.77 bits per heavy atom. The van der Waals surface area contributed by atoms with Crippen molar-refractivity contribution in [1.29, 1.82) is 0 Å². The lowest BCUT2D eigenvalue weighted by atomic mass is 9.79. The molecule has 1 atom stereocenters. The van der Waals surface area contributed by atoms with Gasteiger partial charge in [-0.2, -0.15) is 0 Å². The van der Waals surface area contributed by atoms with Crippen LogP contribution < -0.4 is 5.32 Å². The highest BCUT2D eigenvalue weighted by atomic mass is 16.2. The van der Waals surface area contributed by atoms with E-state index in [2.05, 4.69) is 24.1 Å². The van der Waals surface area contributed by atoms with Crippen LogP contribution in [0, 0.1) is 0 Å². The van der Waals surface area contributed by atoms with E-state index in [1.165, 1.54) is 19.4 Å². The van der Waals surface area contributed by atoms with E-state index in [9.17, 15) is 4.79 Å². The van der Waals surface area contributed by atoms with Gasteiger partial charge in [0.1, 0.15) is 0 Å². The zero-order valence-electron chi connectivity index (χ0n) is 8.47. The Balaban J connectivity index is 1.96. The molecule has 0 radical (unpaired) electrons. The monoisotopic (exact) mass is 182 g/mol. The predicted molar refractivity (Wildman–Crippen MR) is 51.4 cm³/mol. The number of carbonyl (C=O) groups excluding carboxylic acids is 1. The van der Waals surface area contributed by atoms with Crippen molar-refractivity contribution in [2.24, 2.45) is 0 Å². The molecule has 74 valence electrons. The number of piperidine rings is 1. The van der Waals surface area contributed by atoms with Crippen LogP contribution in [0.3, 0.4) is 0 Å². The maximum atomic E-state index is 10.9. The normalized spacial score (nSPS) is 34.8. The molecule has 1 N–H and O–H groups in total. The third kappa shape index (κ3) is 1.57. The van der Waals surface area contributed by atoms with Crippen LogP contribution in [0.15, 0.2) is 0 Å². The molecule has 0 bridgehead atoms. The highest BCUT2D eigenvalue weighted by Crippen LogP contribution is 2.31. The van der Waals surface area contributed by atoms with E-state index in [0.29, 0.717) is 6.04 Å². The van der Waals surface area contributed by atoms with E-state index in [1.807, 2.05) is 0 Å². The summed E-state index contributed by atoms with van der Waals surface area (Å²) in [6, 6.07) is 0.606. The largest absolute Gasteiger partial charge is 0.349 e. The molecule has 0 aromatic heterocycles. The number of hydrogen-bond donors (Lipinski definition) is 1. The van der Waals surface area contributed by atoms with E-state index in [0.717, 1.165) is 13.0 Å². The van der Waals surface area contributed by atoms with Gasteiger partial charge in [-0.3, -0.25) is 9.69 Å². The maximum absolute atomic E-state index is 10.9. The Labute approximate surface area is 79.5 Å². The number of β-lactam (4-membered cyclic amide) rings is 1. The highest BCUT2D eigenvalue weighted by Gasteiger charge is 2.45. The van der Waals surface area contributed by atoms with Gasteiger partial charge < -0.3 is 5.32 Å². The van der Waals surface area contributed by atoms with E-state index in [1.54, 1.807) is 0 Å². The number of nitrogens with zero attached hydrogens (tertiary/aromatic N) is 1. The van der Waals surface area contributed by atoms with Gasteiger partial charge in [0.25, 0.3) is 0 Å². The number of nitrogens with one attached hydrogen (secondary N) is 1. The molecule has 2 saturated heterocycles. The van der Waals surface area contributed by atoms with Crippen molar-refractivity contribution in [2.45, 2.75) is 44.7 Å². The molecule has 0 aromatic carbocycles. The molecule has 0 aromatic rings. The first kappa shape index (κ1) is 9.00. The van der Waals surface area contributed by atoms with Crippen molar-refractivity contribution in [3.8, 4) is 0 Å². The standard InChI is InChI=1S/C10H18N2O/c1-8(2)12-5-3-4-10(7-12)6-9(13)11-10/h8H,3-7H2,1-2H3,(H,11,13). The highest BCUT2D eigenvalue weighted by molar-refractivity contribution is 5.84. The number of amides is 1. The summed E-state index contributed by atoms with van der Waals surface area (Å²) in [5, 5.41) is 3.06. The van der Waals surface area contributed by atoms with Crippen LogP contribution in [-0.2, 0) is 4.79 Å². The number of likely N-dealkylation sites (tertiary alicyclic amines) is 1. The SMILES string of the molecule is CC(C)N1CCCC2(CC(=O)N2)C1. The molecule has 3 nitrogen and oxygen atoms in total. The van der Waals surface area contributed by atoms with Gasteiger partial charge in [-0.05, 0) is 33.2 Å².